The number of hydrogen-bond donors (Lipinski definition) is 1. The zero-order valence-electron chi connectivity index (χ0n) is 11.6. The lowest BCUT2D eigenvalue weighted by Crippen LogP contribution is -2.42. The van der Waals surface area contributed by atoms with Gasteiger partial charge in [-0.1, -0.05) is 0 Å². The number of furan rings is 1. The van der Waals surface area contributed by atoms with Gasteiger partial charge in [-0.15, -0.1) is 0 Å². The van der Waals surface area contributed by atoms with E-state index in [2.05, 4.69) is 5.32 Å². The largest absolute Gasteiger partial charge is 0.458 e. The van der Waals surface area contributed by atoms with E-state index in [1.54, 1.807) is 20.8 Å². The lowest BCUT2D eigenvalue weighted by atomic mass is 10.2. The van der Waals surface area contributed by atoms with E-state index in [-0.39, 0.29) is 5.76 Å². The summed E-state index contributed by atoms with van der Waals surface area (Å²) in [5.74, 6) is -2.12. The average molecular weight is 284 g/mol. The third-order valence-electron chi connectivity index (χ3n) is 2.10. The summed E-state index contributed by atoms with van der Waals surface area (Å²) in [7, 11) is 0. The van der Waals surface area contributed by atoms with Crippen LogP contribution in [0.15, 0.2) is 16.5 Å². The van der Waals surface area contributed by atoms with E-state index >= 15 is 0 Å². The lowest BCUT2D eigenvalue weighted by molar-refractivity contribution is -0.402. The highest BCUT2D eigenvalue weighted by molar-refractivity contribution is 5.94. The third kappa shape index (κ3) is 4.38. The Morgan fingerprint density at radius 2 is 2.00 bits per heavy atom. The minimum atomic E-state index is -0.897. The van der Waals surface area contributed by atoms with Crippen molar-refractivity contribution in [2.24, 2.45) is 0 Å². The number of esters is 1. The molecule has 0 aromatic carbocycles. The van der Waals surface area contributed by atoms with Crippen molar-refractivity contribution in [1.29, 1.82) is 0 Å². The second kappa shape index (κ2) is 5.72. The van der Waals surface area contributed by atoms with Gasteiger partial charge in [0.15, 0.2) is 5.76 Å². The van der Waals surface area contributed by atoms with E-state index in [9.17, 15) is 19.7 Å². The van der Waals surface area contributed by atoms with Crippen molar-refractivity contribution in [2.75, 3.05) is 0 Å². The van der Waals surface area contributed by atoms with Crippen molar-refractivity contribution < 1.29 is 23.7 Å². The summed E-state index contributed by atoms with van der Waals surface area (Å²) in [5, 5.41) is 12.8. The summed E-state index contributed by atoms with van der Waals surface area (Å²) < 4.78 is 9.81. The molecule has 0 bridgehead atoms. The molecule has 8 nitrogen and oxygen atoms in total. The van der Waals surface area contributed by atoms with Crippen LogP contribution in [0.3, 0.4) is 0 Å². The fourth-order valence-electron chi connectivity index (χ4n) is 1.26. The second-order valence-electron chi connectivity index (χ2n) is 5.12. The Morgan fingerprint density at radius 1 is 1.40 bits per heavy atom. The van der Waals surface area contributed by atoms with E-state index in [4.69, 9.17) is 9.15 Å². The van der Waals surface area contributed by atoms with Crippen LogP contribution in [0.25, 0.3) is 0 Å². The van der Waals surface area contributed by atoms with Crippen molar-refractivity contribution in [3.05, 3.63) is 28.0 Å². The first-order valence-electron chi connectivity index (χ1n) is 5.88. The number of nitrogens with one attached hydrogen (secondary N) is 1. The smallest absolute Gasteiger partial charge is 0.433 e. The summed E-state index contributed by atoms with van der Waals surface area (Å²) >= 11 is 0. The lowest BCUT2D eigenvalue weighted by Gasteiger charge is -2.22. The topological polar surface area (TPSA) is 112 Å². The minimum Gasteiger partial charge on any atom is -0.458 e. The van der Waals surface area contributed by atoms with Gasteiger partial charge in [0.1, 0.15) is 16.6 Å². The van der Waals surface area contributed by atoms with Gasteiger partial charge in [-0.2, -0.15) is 0 Å². The molecule has 0 spiro atoms. The van der Waals surface area contributed by atoms with Crippen LogP contribution in [0.2, 0.25) is 0 Å². The van der Waals surface area contributed by atoms with Gasteiger partial charge in [0.05, 0.1) is 6.07 Å². The third-order valence-corrected chi connectivity index (χ3v) is 2.10. The number of hydrogen-bond acceptors (Lipinski definition) is 6. The van der Waals surface area contributed by atoms with E-state index in [1.807, 2.05) is 0 Å². The van der Waals surface area contributed by atoms with Gasteiger partial charge in [-0.25, -0.2) is 4.79 Å². The van der Waals surface area contributed by atoms with Crippen molar-refractivity contribution in [3.63, 3.8) is 0 Å². The molecule has 0 saturated carbocycles. The van der Waals surface area contributed by atoms with Gasteiger partial charge in [-0.05, 0) is 33.8 Å². The molecule has 1 rings (SSSR count). The standard InChI is InChI=1S/C12H16N2O6/c1-7(11(16)20-12(2,3)4)13-10(15)8-5-6-9(19-8)14(17)18/h5-7H,1-4H3,(H,13,15)/t7-/m1/s1. The molecule has 1 heterocycles. The summed E-state index contributed by atoms with van der Waals surface area (Å²) in [6.07, 6.45) is 0. The molecule has 1 atom stereocenters. The van der Waals surface area contributed by atoms with Gasteiger partial charge in [0.25, 0.3) is 5.91 Å². The SMILES string of the molecule is C[C@@H](NC(=O)c1ccc([N+](=O)[O-])o1)C(=O)OC(C)(C)C. The fraction of sp³-hybridized carbons (Fsp3) is 0.500. The van der Waals surface area contributed by atoms with Crippen LogP contribution in [0.4, 0.5) is 5.88 Å². The molecule has 1 aromatic rings. The Hall–Kier alpha value is -2.38. The number of carbonyl (C=O) groups excluding carboxylic acids is 2. The maximum Gasteiger partial charge on any atom is 0.433 e. The fourth-order valence-corrected chi connectivity index (χ4v) is 1.26. The molecular formula is C12H16N2O6. The highest BCUT2D eigenvalue weighted by atomic mass is 16.6. The first-order valence-corrected chi connectivity index (χ1v) is 5.88. The summed E-state index contributed by atoms with van der Waals surface area (Å²) in [4.78, 5) is 33.1. The normalized spacial score (nSPS) is 12.6. The Balaban J connectivity index is 2.65. The van der Waals surface area contributed by atoms with Crippen LogP contribution in [0.5, 0.6) is 0 Å². The number of nitro groups is 1. The molecule has 1 aromatic heterocycles. The van der Waals surface area contributed by atoms with Crippen LogP contribution < -0.4 is 5.32 Å². The molecule has 20 heavy (non-hydrogen) atoms. The predicted octanol–water partition coefficient (Wildman–Crippen LogP) is 1.65. The van der Waals surface area contributed by atoms with Crippen LogP contribution in [0.1, 0.15) is 38.2 Å². The highest BCUT2D eigenvalue weighted by Crippen LogP contribution is 2.15. The van der Waals surface area contributed by atoms with Crippen LogP contribution in [-0.2, 0) is 9.53 Å². The Kier molecular flexibility index (Phi) is 4.49. The summed E-state index contributed by atoms with van der Waals surface area (Å²) in [6, 6.07) is 1.33. The van der Waals surface area contributed by atoms with Gasteiger partial charge < -0.3 is 14.5 Å². The first-order chi connectivity index (χ1) is 9.10. The van der Waals surface area contributed by atoms with Gasteiger partial charge in [0, 0.05) is 0 Å². The molecule has 0 aliphatic heterocycles. The molecule has 0 aliphatic rings. The zero-order chi connectivity index (χ0) is 15.5. The molecule has 0 unspecified atom stereocenters. The molecule has 1 N–H and O–H groups in total. The Labute approximate surface area is 115 Å². The number of rotatable bonds is 4. The molecule has 8 heteroatoms. The molecule has 110 valence electrons. The Morgan fingerprint density at radius 3 is 2.45 bits per heavy atom. The maximum absolute atomic E-state index is 11.7. The molecule has 0 saturated heterocycles. The van der Waals surface area contributed by atoms with Gasteiger partial charge in [-0.3, -0.25) is 14.9 Å². The number of nitrogens with zero attached hydrogens (tertiary/aromatic N) is 1. The van der Waals surface area contributed by atoms with Crippen LogP contribution in [-0.4, -0.2) is 28.4 Å². The minimum absolute atomic E-state index is 0.243. The van der Waals surface area contributed by atoms with Gasteiger partial charge >= 0.3 is 11.9 Å². The Bertz CT molecular complexity index is 528. The molecule has 0 radical (unpaired) electrons. The molecular weight excluding hydrogens is 268 g/mol. The summed E-state index contributed by atoms with van der Waals surface area (Å²) in [6.45, 7) is 6.56. The monoisotopic (exact) mass is 284 g/mol. The molecule has 0 fully saturated rings. The van der Waals surface area contributed by atoms with Gasteiger partial charge in [0.2, 0.25) is 0 Å². The summed E-state index contributed by atoms with van der Waals surface area (Å²) in [5.41, 5.74) is -0.667. The van der Waals surface area contributed by atoms with Crippen molar-refractivity contribution in [2.45, 2.75) is 39.3 Å². The van der Waals surface area contributed by atoms with Crippen molar-refractivity contribution in [3.8, 4) is 0 Å². The van der Waals surface area contributed by atoms with Crippen molar-refractivity contribution in [1.82, 2.24) is 5.32 Å². The van der Waals surface area contributed by atoms with E-state index < -0.39 is 34.3 Å². The number of ether oxygens (including phenoxy) is 1. The average Bonchev–Trinajstić information content (AvgIpc) is 2.75. The quantitative estimate of drug-likeness (QED) is 0.511. The molecule has 0 aliphatic carbocycles. The van der Waals surface area contributed by atoms with E-state index in [0.717, 1.165) is 12.1 Å². The zero-order valence-corrected chi connectivity index (χ0v) is 11.6. The maximum atomic E-state index is 11.7. The number of carbonyl (C=O) groups is 2. The number of amides is 1. The molecule has 1 amide bonds. The van der Waals surface area contributed by atoms with Crippen molar-refractivity contribution >= 4 is 17.8 Å². The van der Waals surface area contributed by atoms with E-state index in [1.165, 1.54) is 6.92 Å². The van der Waals surface area contributed by atoms with E-state index in [0.29, 0.717) is 0 Å². The first kappa shape index (κ1) is 15.7. The highest BCUT2D eigenvalue weighted by Gasteiger charge is 2.25. The second-order valence-corrected chi connectivity index (χ2v) is 5.12. The van der Waals surface area contributed by atoms with Crippen LogP contribution >= 0.6 is 0 Å². The van der Waals surface area contributed by atoms with Crippen LogP contribution in [0, 0.1) is 10.1 Å². The predicted molar refractivity (Wildman–Crippen MR) is 68.1 cm³/mol.